The monoisotopic (exact) mass is 606 g/mol. The molecule has 0 aliphatic rings. The van der Waals surface area contributed by atoms with Crippen LogP contribution in [-0.4, -0.2) is 80.6 Å². The average Bonchev–Trinajstić information content (AvgIpc) is 2.94. The molecule has 0 amide bonds. The minimum absolute atomic E-state index is 0.0276. The highest BCUT2D eigenvalue weighted by atomic mass is 16.6. The molecule has 1 N–H and O–H groups in total. The normalized spacial score (nSPS) is 13.8. The molecular weight excluding hydrogens is 546 g/mol. The number of carbonyl (C=O) groups is 3. The van der Waals surface area contributed by atoms with Crippen molar-refractivity contribution < 1.29 is 38.2 Å². The van der Waals surface area contributed by atoms with Crippen LogP contribution in [0.15, 0.2) is 48.6 Å². The van der Waals surface area contributed by atoms with Gasteiger partial charge in [-0.1, -0.05) is 81.7 Å². The van der Waals surface area contributed by atoms with Crippen molar-refractivity contribution in [1.82, 2.24) is 0 Å². The Hall–Kier alpha value is -2.71. The maximum atomic E-state index is 12.5. The molecule has 0 aromatic carbocycles. The molecule has 2 atom stereocenters. The standard InChI is InChI=1S/C35H59NO7/c1-6-8-10-12-14-16-17-18-20-22-24-26-34(38)43-31(29-41-28-27-32(35(39)40)36(3,4)5)30-42-33(37)25-23-21-19-15-13-11-9-7-2/h8,10,14,16,18-21,31-32H,6-7,9,11-13,15,17,22-30H2,1-5H3/p+1/b10-8+,16-14+,20-18+,21-19+. The summed E-state index contributed by atoms with van der Waals surface area (Å²) >= 11 is 0. The Morgan fingerprint density at radius 1 is 0.721 bits per heavy atom. The van der Waals surface area contributed by atoms with Crippen molar-refractivity contribution in [3.63, 3.8) is 0 Å². The van der Waals surface area contributed by atoms with Gasteiger partial charge in [0.25, 0.3) is 0 Å². The molecule has 0 saturated carbocycles. The van der Waals surface area contributed by atoms with Crippen molar-refractivity contribution in [1.29, 1.82) is 0 Å². The van der Waals surface area contributed by atoms with E-state index in [0.29, 0.717) is 19.3 Å². The molecule has 0 spiro atoms. The van der Waals surface area contributed by atoms with Gasteiger partial charge in [-0.05, 0) is 51.4 Å². The molecular formula is C35H60NO7+. The van der Waals surface area contributed by atoms with Crippen molar-refractivity contribution in [2.45, 2.75) is 116 Å². The second kappa shape index (κ2) is 26.9. The molecule has 0 aliphatic heterocycles. The van der Waals surface area contributed by atoms with Crippen molar-refractivity contribution in [3.8, 4) is 0 Å². The second-order valence-corrected chi connectivity index (χ2v) is 11.7. The van der Waals surface area contributed by atoms with Gasteiger partial charge in [0.1, 0.15) is 6.61 Å². The van der Waals surface area contributed by atoms with Crippen LogP contribution in [-0.2, 0) is 28.6 Å². The predicted molar refractivity (Wildman–Crippen MR) is 174 cm³/mol. The van der Waals surface area contributed by atoms with Gasteiger partial charge < -0.3 is 23.8 Å². The fraction of sp³-hybridized carbons (Fsp3) is 0.686. The summed E-state index contributed by atoms with van der Waals surface area (Å²) in [5, 5.41) is 9.52. The minimum atomic E-state index is -0.891. The summed E-state index contributed by atoms with van der Waals surface area (Å²) in [7, 11) is 5.47. The largest absolute Gasteiger partial charge is 0.477 e. The van der Waals surface area contributed by atoms with E-state index in [1.165, 1.54) is 19.3 Å². The Morgan fingerprint density at radius 2 is 1.35 bits per heavy atom. The van der Waals surface area contributed by atoms with Crippen LogP contribution in [0.3, 0.4) is 0 Å². The summed E-state index contributed by atoms with van der Waals surface area (Å²) in [5.74, 6) is -1.62. The van der Waals surface area contributed by atoms with E-state index in [2.05, 4.69) is 56.4 Å². The molecule has 43 heavy (non-hydrogen) atoms. The molecule has 0 bridgehead atoms. The third-order valence-corrected chi connectivity index (χ3v) is 6.73. The first kappa shape index (κ1) is 40.3. The third kappa shape index (κ3) is 25.5. The fourth-order valence-corrected chi connectivity index (χ4v) is 4.19. The van der Waals surface area contributed by atoms with Crippen molar-refractivity contribution >= 4 is 17.9 Å². The number of carbonyl (C=O) groups excluding carboxylic acids is 2. The maximum absolute atomic E-state index is 12.5. The number of rotatable bonds is 27. The van der Waals surface area contributed by atoms with Gasteiger partial charge >= 0.3 is 17.9 Å². The van der Waals surface area contributed by atoms with E-state index in [9.17, 15) is 19.5 Å². The minimum Gasteiger partial charge on any atom is -0.477 e. The molecule has 8 nitrogen and oxygen atoms in total. The molecule has 2 unspecified atom stereocenters. The van der Waals surface area contributed by atoms with Crippen molar-refractivity contribution in [2.75, 3.05) is 41.0 Å². The lowest BCUT2D eigenvalue weighted by Gasteiger charge is -2.31. The van der Waals surface area contributed by atoms with Crippen LogP contribution in [0.1, 0.15) is 104 Å². The number of ether oxygens (including phenoxy) is 3. The Kier molecular flexibility index (Phi) is 25.2. The number of carboxylic acids is 1. The summed E-state index contributed by atoms with van der Waals surface area (Å²) in [5.41, 5.74) is 0. The third-order valence-electron chi connectivity index (χ3n) is 6.73. The van der Waals surface area contributed by atoms with E-state index < -0.39 is 18.1 Å². The first-order valence-corrected chi connectivity index (χ1v) is 16.2. The summed E-state index contributed by atoms with van der Waals surface area (Å²) in [6.07, 6.45) is 27.6. The number of allylic oxidation sites excluding steroid dienone is 8. The van der Waals surface area contributed by atoms with Gasteiger partial charge in [0.15, 0.2) is 12.1 Å². The van der Waals surface area contributed by atoms with E-state index in [0.717, 1.165) is 38.5 Å². The zero-order valence-electron chi connectivity index (χ0n) is 27.6. The second-order valence-electron chi connectivity index (χ2n) is 11.7. The Labute approximate surface area is 261 Å². The first-order valence-electron chi connectivity index (χ1n) is 16.2. The highest BCUT2D eigenvalue weighted by molar-refractivity contribution is 5.72. The summed E-state index contributed by atoms with van der Waals surface area (Å²) in [4.78, 5) is 36.4. The van der Waals surface area contributed by atoms with Crippen LogP contribution in [0.25, 0.3) is 0 Å². The highest BCUT2D eigenvalue weighted by Gasteiger charge is 2.31. The molecule has 0 saturated heterocycles. The summed E-state index contributed by atoms with van der Waals surface area (Å²) < 4.78 is 16.9. The van der Waals surface area contributed by atoms with Gasteiger partial charge in [-0.25, -0.2) is 4.79 Å². The molecule has 246 valence electrons. The fourth-order valence-electron chi connectivity index (χ4n) is 4.19. The quantitative estimate of drug-likeness (QED) is 0.0452. The van der Waals surface area contributed by atoms with Crippen LogP contribution in [0.5, 0.6) is 0 Å². The number of likely N-dealkylation sites (N-methyl/N-ethyl adjacent to an activating group) is 1. The Morgan fingerprint density at radius 3 is 2.00 bits per heavy atom. The van der Waals surface area contributed by atoms with E-state index >= 15 is 0 Å². The molecule has 0 fully saturated rings. The topological polar surface area (TPSA) is 99.1 Å². The molecule has 0 radical (unpaired) electrons. The first-order chi connectivity index (χ1) is 20.6. The van der Waals surface area contributed by atoms with Crippen LogP contribution in [0.4, 0.5) is 0 Å². The van der Waals surface area contributed by atoms with Crippen molar-refractivity contribution in [3.05, 3.63) is 48.6 Å². The van der Waals surface area contributed by atoms with Gasteiger partial charge in [0, 0.05) is 19.3 Å². The lowest BCUT2D eigenvalue weighted by atomic mass is 10.1. The van der Waals surface area contributed by atoms with Gasteiger partial charge in [-0.15, -0.1) is 0 Å². The number of unbranched alkanes of at least 4 members (excludes halogenated alkanes) is 5. The van der Waals surface area contributed by atoms with E-state index in [1.54, 1.807) is 0 Å². The van der Waals surface area contributed by atoms with Crippen LogP contribution in [0, 0.1) is 0 Å². The molecule has 0 aromatic rings. The molecule has 0 rings (SSSR count). The number of nitrogens with zero attached hydrogens (tertiary/aromatic N) is 1. The number of aliphatic carboxylic acids is 1. The van der Waals surface area contributed by atoms with Gasteiger partial charge in [-0.3, -0.25) is 9.59 Å². The van der Waals surface area contributed by atoms with Crippen molar-refractivity contribution in [2.24, 2.45) is 0 Å². The number of hydrogen-bond acceptors (Lipinski definition) is 6. The SMILES string of the molecule is CC/C=C/C/C=C/C/C=C/CCCC(=O)OC(COCCC(C(=O)O)[N+](C)(C)C)COC(=O)CC/C=C/CCCCCC. The Bertz CT molecular complexity index is 855. The molecule has 8 heteroatoms. The molecule has 0 aromatic heterocycles. The van der Waals surface area contributed by atoms with Crippen LogP contribution >= 0.6 is 0 Å². The Balaban J connectivity index is 4.65. The van der Waals surface area contributed by atoms with E-state index in [1.807, 2.05) is 27.2 Å². The van der Waals surface area contributed by atoms with E-state index in [4.69, 9.17) is 14.2 Å². The molecule has 0 aliphatic carbocycles. The summed E-state index contributed by atoms with van der Waals surface area (Å²) in [6, 6.07) is -0.625. The van der Waals surface area contributed by atoms with Crippen LogP contribution in [0.2, 0.25) is 0 Å². The predicted octanol–water partition coefficient (Wildman–Crippen LogP) is 7.34. The zero-order chi connectivity index (χ0) is 32.2. The summed E-state index contributed by atoms with van der Waals surface area (Å²) in [6.45, 7) is 4.42. The number of quaternary nitrogens is 1. The lowest BCUT2D eigenvalue weighted by Crippen LogP contribution is -2.50. The van der Waals surface area contributed by atoms with Crippen LogP contribution < -0.4 is 0 Å². The lowest BCUT2D eigenvalue weighted by molar-refractivity contribution is -0.887. The number of hydrogen-bond donors (Lipinski definition) is 1. The smallest absolute Gasteiger partial charge is 0.362 e. The zero-order valence-corrected chi connectivity index (χ0v) is 27.6. The van der Waals surface area contributed by atoms with Gasteiger partial charge in [0.2, 0.25) is 0 Å². The number of esters is 2. The average molecular weight is 607 g/mol. The molecule has 0 heterocycles. The van der Waals surface area contributed by atoms with E-state index in [-0.39, 0.29) is 49.1 Å². The highest BCUT2D eigenvalue weighted by Crippen LogP contribution is 2.10. The van der Waals surface area contributed by atoms with Gasteiger partial charge in [-0.2, -0.15) is 0 Å². The van der Waals surface area contributed by atoms with Gasteiger partial charge in [0.05, 0.1) is 34.4 Å². The maximum Gasteiger partial charge on any atom is 0.362 e. The number of carboxylic acid groups (broad SMARTS) is 1.